The molecule has 3 rings (SSSR count). The van der Waals surface area contributed by atoms with E-state index in [0.717, 1.165) is 11.3 Å². The fourth-order valence-corrected chi connectivity index (χ4v) is 1.98. The second-order valence-corrected chi connectivity index (χ2v) is 4.24. The molecule has 0 spiro atoms. The zero-order chi connectivity index (χ0) is 11.7. The first-order chi connectivity index (χ1) is 8.38. The molecule has 17 heavy (non-hydrogen) atoms. The van der Waals surface area contributed by atoms with E-state index >= 15 is 0 Å². The average Bonchev–Trinajstić information content (AvgIpc) is 2.57. The van der Waals surface area contributed by atoms with Gasteiger partial charge in [0.2, 0.25) is 11.0 Å². The molecule has 5 nitrogen and oxygen atoms in total. The van der Waals surface area contributed by atoms with Crippen LogP contribution in [0.15, 0.2) is 29.4 Å². The Hall–Kier alpha value is -1.82. The molecule has 1 N–H and O–H groups in total. The molecule has 0 amide bonds. The Balaban J connectivity index is 2.19. The van der Waals surface area contributed by atoms with Crippen molar-refractivity contribution in [3.63, 3.8) is 0 Å². The molecule has 2 heterocycles. The molecule has 6 heteroatoms. The quantitative estimate of drug-likeness (QED) is 0.777. The van der Waals surface area contributed by atoms with Crippen molar-refractivity contribution >= 4 is 17.4 Å². The summed E-state index contributed by atoms with van der Waals surface area (Å²) in [6.45, 7) is 0.385. The Labute approximate surface area is 103 Å². The van der Waals surface area contributed by atoms with E-state index in [1.54, 1.807) is 0 Å². The van der Waals surface area contributed by atoms with Crippen molar-refractivity contribution in [3.05, 3.63) is 24.3 Å². The molecule has 2 aromatic rings. The zero-order valence-corrected chi connectivity index (χ0v) is 9.99. The van der Waals surface area contributed by atoms with E-state index in [0.29, 0.717) is 23.5 Å². The van der Waals surface area contributed by atoms with Gasteiger partial charge in [0, 0.05) is 11.3 Å². The third-order valence-corrected chi connectivity index (χ3v) is 3.01. The van der Waals surface area contributed by atoms with Gasteiger partial charge in [-0.2, -0.15) is 4.98 Å². The summed E-state index contributed by atoms with van der Waals surface area (Å²) in [5.74, 6) is 0.529. The van der Waals surface area contributed by atoms with Crippen LogP contribution in [0.1, 0.15) is 0 Å². The lowest BCUT2D eigenvalue weighted by atomic mass is 10.1. The number of nitrogens with one attached hydrogen (secondary N) is 1. The van der Waals surface area contributed by atoms with E-state index < -0.39 is 0 Å². The average molecular weight is 246 g/mol. The van der Waals surface area contributed by atoms with Crippen LogP contribution in [-0.2, 0) is 0 Å². The second-order valence-electron chi connectivity index (χ2n) is 3.46. The van der Waals surface area contributed by atoms with E-state index in [2.05, 4.69) is 20.5 Å². The Bertz CT molecular complexity index is 561. The number of aromatic nitrogens is 3. The van der Waals surface area contributed by atoms with Crippen LogP contribution in [0.5, 0.6) is 5.88 Å². The molecule has 0 saturated heterocycles. The van der Waals surface area contributed by atoms with Gasteiger partial charge in [-0.25, -0.2) is 0 Å². The number of fused-ring (bicyclic) bond motifs is 3. The minimum absolute atomic E-state index is 0.385. The van der Waals surface area contributed by atoms with Crippen LogP contribution in [0.3, 0.4) is 0 Å². The first kappa shape index (κ1) is 10.3. The smallest absolute Gasteiger partial charge is 0.246 e. The van der Waals surface area contributed by atoms with Gasteiger partial charge in [0.15, 0.2) is 12.4 Å². The van der Waals surface area contributed by atoms with Crippen LogP contribution < -0.4 is 10.1 Å². The Morgan fingerprint density at radius 2 is 2.18 bits per heavy atom. The van der Waals surface area contributed by atoms with Crippen LogP contribution in [0, 0.1) is 0 Å². The third kappa shape index (κ3) is 1.80. The molecule has 0 fully saturated rings. The summed E-state index contributed by atoms with van der Waals surface area (Å²) in [6.07, 6.45) is 1.91. The molecule has 0 bridgehead atoms. The number of rotatable bonds is 1. The van der Waals surface area contributed by atoms with E-state index in [4.69, 9.17) is 4.74 Å². The number of benzene rings is 1. The number of thioether (sulfide) groups is 1. The molecule has 1 aliphatic rings. The lowest BCUT2D eigenvalue weighted by Crippen LogP contribution is -2.08. The van der Waals surface area contributed by atoms with E-state index in [-0.39, 0.29) is 0 Å². The standard InChI is InChI=1S/C11H10N4OS/c1-17-11-13-10-9(14-15-11)7-4-2-3-5-8(7)12-6-16-10/h2-5,12H,6H2,1H3. The molecule has 86 valence electrons. The van der Waals surface area contributed by atoms with Crippen LogP contribution in [0.25, 0.3) is 11.3 Å². The largest absolute Gasteiger partial charge is 0.455 e. The maximum atomic E-state index is 5.54. The molecule has 1 aliphatic heterocycles. The predicted octanol–water partition coefficient (Wildman–Crippen LogP) is 2.02. The highest BCUT2D eigenvalue weighted by Crippen LogP contribution is 2.34. The molecule has 1 aromatic heterocycles. The van der Waals surface area contributed by atoms with Crippen molar-refractivity contribution in [1.82, 2.24) is 15.2 Å². The number of hydrogen-bond donors (Lipinski definition) is 1. The minimum Gasteiger partial charge on any atom is -0.455 e. The zero-order valence-electron chi connectivity index (χ0n) is 9.17. The van der Waals surface area contributed by atoms with Gasteiger partial charge in [-0.15, -0.1) is 10.2 Å². The van der Waals surface area contributed by atoms with Gasteiger partial charge in [-0.1, -0.05) is 30.0 Å². The van der Waals surface area contributed by atoms with Crippen molar-refractivity contribution in [2.45, 2.75) is 5.16 Å². The lowest BCUT2D eigenvalue weighted by molar-refractivity contribution is 0.330. The molecule has 0 aliphatic carbocycles. The van der Waals surface area contributed by atoms with Crippen molar-refractivity contribution in [1.29, 1.82) is 0 Å². The number of para-hydroxylation sites is 1. The fraction of sp³-hybridized carbons (Fsp3) is 0.182. The topological polar surface area (TPSA) is 59.9 Å². The second kappa shape index (κ2) is 4.21. The first-order valence-corrected chi connectivity index (χ1v) is 6.36. The highest BCUT2D eigenvalue weighted by atomic mass is 32.2. The summed E-state index contributed by atoms with van der Waals surface area (Å²) in [6, 6.07) is 7.89. The van der Waals surface area contributed by atoms with Gasteiger partial charge in [0.25, 0.3) is 0 Å². The monoisotopic (exact) mass is 246 g/mol. The molecular weight excluding hydrogens is 236 g/mol. The van der Waals surface area contributed by atoms with Gasteiger partial charge in [0.05, 0.1) is 0 Å². The lowest BCUT2D eigenvalue weighted by Gasteiger charge is -2.05. The normalized spacial score (nSPS) is 12.8. The summed E-state index contributed by atoms with van der Waals surface area (Å²) in [5.41, 5.74) is 2.63. The van der Waals surface area contributed by atoms with Gasteiger partial charge < -0.3 is 10.1 Å². The van der Waals surface area contributed by atoms with Gasteiger partial charge in [0.1, 0.15) is 0 Å². The number of nitrogens with zero attached hydrogens (tertiary/aromatic N) is 3. The maximum Gasteiger partial charge on any atom is 0.246 e. The number of hydrogen-bond acceptors (Lipinski definition) is 6. The SMILES string of the molecule is CSc1nnc2c(n1)OCNc1ccccc1-2. The minimum atomic E-state index is 0.385. The van der Waals surface area contributed by atoms with Crippen molar-refractivity contribution in [2.75, 3.05) is 18.3 Å². The van der Waals surface area contributed by atoms with Crippen LogP contribution >= 0.6 is 11.8 Å². The predicted molar refractivity (Wildman–Crippen MR) is 66.2 cm³/mol. The summed E-state index contributed by atoms with van der Waals surface area (Å²) >= 11 is 1.44. The van der Waals surface area contributed by atoms with Crippen molar-refractivity contribution in [3.8, 4) is 17.1 Å². The summed E-state index contributed by atoms with van der Waals surface area (Å²) in [4.78, 5) is 4.32. The van der Waals surface area contributed by atoms with Gasteiger partial charge in [-0.3, -0.25) is 0 Å². The van der Waals surface area contributed by atoms with Crippen LogP contribution in [0.4, 0.5) is 5.69 Å². The van der Waals surface area contributed by atoms with Gasteiger partial charge >= 0.3 is 0 Å². The molecule has 0 unspecified atom stereocenters. The molecule has 0 saturated carbocycles. The highest BCUT2D eigenvalue weighted by molar-refractivity contribution is 7.98. The Morgan fingerprint density at radius 3 is 3.06 bits per heavy atom. The number of anilines is 1. The van der Waals surface area contributed by atoms with Crippen LogP contribution in [-0.4, -0.2) is 28.2 Å². The first-order valence-electron chi connectivity index (χ1n) is 5.13. The van der Waals surface area contributed by atoms with E-state index in [1.165, 1.54) is 11.8 Å². The molecule has 1 aromatic carbocycles. The third-order valence-electron chi connectivity index (χ3n) is 2.47. The maximum absolute atomic E-state index is 5.54. The summed E-state index contributed by atoms with van der Waals surface area (Å²) in [7, 11) is 0. The molecular formula is C11H10N4OS. The molecule has 0 atom stereocenters. The summed E-state index contributed by atoms with van der Waals surface area (Å²) in [5, 5.41) is 12.0. The molecule has 0 radical (unpaired) electrons. The van der Waals surface area contributed by atoms with Crippen LogP contribution in [0.2, 0.25) is 0 Å². The Kier molecular flexibility index (Phi) is 2.56. The summed E-state index contributed by atoms with van der Waals surface area (Å²) < 4.78 is 5.54. The Morgan fingerprint density at radius 1 is 1.29 bits per heavy atom. The van der Waals surface area contributed by atoms with E-state index in [9.17, 15) is 0 Å². The van der Waals surface area contributed by atoms with Crippen molar-refractivity contribution < 1.29 is 4.74 Å². The fourth-order valence-electron chi connectivity index (χ4n) is 1.68. The van der Waals surface area contributed by atoms with Gasteiger partial charge in [-0.05, 0) is 12.3 Å². The highest BCUT2D eigenvalue weighted by Gasteiger charge is 2.18. The number of ether oxygens (including phenoxy) is 1. The van der Waals surface area contributed by atoms with E-state index in [1.807, 2.05) is 30.5 Å². The van der Waals surface area contributed by atoms with Crippen molar-refractivity contribution in [2.24, 2.45) is 0 Å².